The summed E-state index contributed by atoms with van der Waals surface area (Å²) >= 11 is 0. The Morgan fingerprint density at radius 2 is 2.00 bits per heavy atom. The van der Waals surface area contributed by atoms with Gasteiger partial charge in [0.05, 0.1) is 5.75 Å². The predicted octanol–water partition coefficient (Wildman–Crippen LogP) is 2.18. The van der Waals surface area contributed by atoms with Crippen LogP contribution < -0.4 is 0 Å². The fourth-order valence-electron chi connectivity index (χ4n) is 2.44. The van der Waals surface area contributed by atoms with Crippen molar-refractivity contribution in [2.24, 2.45) is 0 Å². The van der Waals surface area contributed by atoms with Crippen LogP contribution in [0, 0.1) is 5.82 Å². The molecule has 0 aliphatic carbocycles. The van der Waals surface area contributed by atoms with E-state index in [9.17, 15) is 12.8 Å². The summed E-state index contributed by atoms with van der Waals surface area (Å²) in [4.78, 5) is 0. The second-order valence-electron chi connectivity index (χ2n) is 4.64. The van der Waals surface area contributed by atoms with Crippen LogP contribution in [-0.4, -0.2) is 31.1 Å². The zero-order valence-electron chi connectivity index (χ0n) is 10.5. The maximum atomic E-state index is 12.8. The molecule has 0 aromatic heterocycles. The van der Waals surface area contributed by atoms with Crippen molar-refractivity contribution in [2.45, 2.75) is 32.2 Å². The van der Waals surface area contributed by atoms with Crippen molar-refractivity contribution in [1.82, 2.24) is 4.31 Å². The summed E-state index contributed by atoms with van der Waals surface area (Å²) in [5.74, 6) is -0.115. The molecule has 1 aliphatic rings. The molecule has 1 atom stereocenters. The topological polar surface area (TPSA) is 37.4 Å². The smallest absolute Gasteiger partial charge is 0.212 e. The van der Waals surface area contributed by atoms with Crippen LogP contribution in [0.1, 0.15) is 25.3 Å². The third-order valence-corrected chi connectivity index (χ3v) is 5.35. The van der Waals surface area contributed by atoms with Crippen LogP contribution in [0.25, 0.3) is 0 Å². The highest BCUT2D eigenvalue weighted by molar-refractivity contribution is 7.89. The highest BCUT2D eigenvalue weighted by Gasteiger charge is 2.32. The Bertz CT molecular complexity index is 498. The molecule has 1 heterocycles. The summed E-state index contributed by atoms with van der Waals surface area (Å²) in [7, 11) is -3.12. The molecule has 1 aromatic rings. The van der Waals surface area contributed by atoms with Gasteiger partial charge in [-0.15, -0.1) is 0 Å². The van der Waals surface area contributed by atoms with Gasteiger partial charge < -0.3 is 0 Å². The molecule has 1 unspecified atom stereocenters. The normalized spacial score (nSPS) is 21.3. The van der Waals surface area contributed by atoms with Crippen molar-refractivity contribution in [3.05, 3.63) is 35.6 Å². The standard InChI is InChI=1S/C13H18FNO2S/c1-2-18(16,17)15-9-3-4-13(15)10-11-5-7-12(14)8-6-11/h5-8,13H,2-4,9-10H2,1H3. The number of sulfonamides is 1. The van der Waals surface area contributed by atoms with Gasteiger partial charge in [0.2, 0.25) is 10.0 Å². The second kappa shape index (κ2) is 5.36. The number of nitrogens with zero attached hydrogens (tertiary/aromatic N) is 1. The summed E-state index contributed by atoms with van der Waals surface area (Å²) in [5.41, 5.74) is 0.986. The van der Waals surface area contributed by atoms with E-state index in [-0.39, 0.29) is 17.6 Å². The van der Waals surface area contributed by atoms with Gasteiger partial charge in [0.25, 0.3) is 0 Å². The lowest BCUT2D eigenvalue weighted by atomic mass is 10.0. The zero-order chi connectivity index (χ0) is 13.2. The van der Waals surface area contributed by atoms with Crippen LogP contribution in [0.2, 0.25) is 0 Å². The molecular weight excluding hydrogens is 253 g/mol. The Hall–Kier alpha value is -0.940. The average Bonchev–Trinajstić information content (AvgIpc) is 2.81. The van der Waals surface area contributed by atoms with Crippen LogP contribution in [0.15, 0.2) is 24.3 Å². The quantitative estimate of drug-likeness (QED) is 0.841. The van der Waals surface area contributed by atoms with Crippen LogP contribution in [-0.2, 0) is 16.4 Å². The van der Waals surface area contributed by atoms with E-state index >= 15 is 0 Å². The lowest BCUT2D eigenvalue weighted by Crippen LogP contribution is -2.37. The Kier molecular flexibility index (Phi) is 4.02. The van der Waals surface area contributed by atoms with Gasteiger partial charge in [-0.05, 0) is 43.9 Å². The van der Waals surface area contributed by atoms with E-state index < -0.39 is 10.0 Å². The highest BCUT2D eigenvalue weighted by Crippen LogP contribution is 2.24. The Morgan fingerprint density at radius 1 is 1.33 bits per heavy atom. The first-order chi connectivity index (χ1) is 8.53. The highest BCUT2D eigenvalue weighted by atomic mass is 32.2. The predicted molar refractivity (Wildman–Crippen MR) is 69.3 cm³/mol. The van der Waals surface area contributed by atoms with E-state index in [4.69, 9.17) is 0 Å². The summed E-state index contributed by atoms with van der Waals surface area (Å²) in [6.07, 6.45) is 2.46. The number of hydrogen-bond donors (Lipinski definition) is 0. The zero-order valence-corrected chi connectivity index (χ0v) is 11.3. The molecule has 0 amide bonds. The van der Waals surface area contributed by atoms with Crippen molar-refractivity contribution >= 4 is 10.0 Å². The maximum absolute atomic E-state index is 12.8. The maximum Gasteiger partial charge on any atom is 0.214 e. The van der Waals surface area contributed by atoms with Crippen molar-refractivity contribution in [1.29, 1.82) is 0 Å². The molecule has 0 spiro atoms. The fourth-order valence-corrected chi connectivity index (χ4v) is 3.81. The summed E-state index contributed by atoms with van der Waals surface area (Å²) in [6, 6.07) is 6.32. The molecule has 0 radical (unpaired) electrons. The third-order valence-electron chi connectivity index (χ3n) is 3.43. The van der Waals surface area contributed by atoms with Crippen LogP contribution in [0.3, 0.4) is 0 Å². The van der Waals surface area contributed by atoms with Crippen molar-refractivity contribution < 1.29 is 12.8 Å². The molecular formula is C13H18FNO2S. The molecule has 100 valence electrons. The van der Waals surface area contributed by atoms with Gasteiger partial charge in [0, 0.05) is 12.6 Å². The van der Waals surface area contributed by atoms with Crippen molar-refractivity contribution in [2.75, 3.05) is 12.3 Å². The molecule has 1 fully saturated rings. The lowest BCUT2D eigenvalue weighted by Gasteiger charge is -2.23. The summed E-state index contributed by atoms with van der Waals surface area (Å²) in [6.45, 7) is 2.28. The lowest BCUT2D eigenvalue weighted by molar-refractivity contribution is 0.386. The number of benzene rings is 1. The molecule has 2 rings (SSSR count). The molecule has 5 heteroatoms. The molecule has 0 saturated carbocycles. The first-order valence-corrected chi connectivity index (χ1v) is 7.88. The first-order valence-electron chi connectivity index (χ1n) is 6.27. The Balaban J connectivity index is 2.11. The molecule has 18 heavy (non-hydrogen) atoms. The largest absolute Gasteiger partial charge is 0.214 e. The van der Waals surface area contributed by atoms with Gasteiger partial charge in [-0.25, -0.2) is 12.8 Å². The van der Waals surface area contributed by atoms with Gasteiger partial charge in [-0.2, -0.15) is 4.31 Å². The summed E-state index contributed by atoms with van der Waals surface area (Å²) < 4.78 is 38.3. The SMILES string of the molecule is CCS(=O)(=O)N1CCCC1Cc1ccc(F)cc1. The van der Waals surface area contributed by atoms with E-state index in [1.54, 1.807) is 23.4 Å². The van der Waals surface area contributed by atoms with E-state index in [2.05, 4.69) is 0 Å². The van der Waals surface area contributed by atoms with Gasteiger partial charge >= 0.3 is 0 Å². The fraction of sp³-hybridized carbons (Fsp3) is 0.538. The van der Waals surface area contributed by atoms with Crippen LogP contribution >= 0.6 is 0 Å². The van der Waals surface area contributed by atoms with E-state index in [1.807, 2.05) is 0 Å². The number of hydrogen-bond acceptors (Lipinski definition) is 2. The second-order valence-corrected chi connectivity index (χ2v) is 6.85. The minimum atomic E-state index is -3.12. The first kappa shape index (κ1) is 13.5. The van der Waals surface area contributed by atoms with E-state index in [0.29, 0.717) is 13.0 Å². The van der Waals surface area contributed by atoms with E-state index in [0.717, 1.165) is 18.4 Å². The van der Waals surface area contributed by atoms with Crippen molar-refractivity contribution in [3.8, 4) is 0 Å². The van der Waals surface area contributed by atoms with Crippen LogP contribution in [0.5, 0.6) is 0 Å². The molecule has 0 bridgehead atoms. The van der Waals surface area contributed by atoms with Gasteiger partial charge in [-0.3, -0.25) is 0 Å². The van der Waals surface area contributed by atoms with Crippen molar-refractivity contribution in [3.63, 3.8) is 0 Å². The Labute approximate surface area is 108 Å². The van der Waals surface area contributed by atoms with Gasteiger partial charge in [0.15, 0.2) is 0 Å². The molecule has 0 N–H and O–H groups in total. The average molecular weight is 271 g/mol. The van der Waals surface area contributed by atoms with Crippen LogP contribution in [0.4, 0.5) is 4.39 Å². The third kappa shape index (κ3) is 2.90. The molecule has 1 aliphatic heterocycles. The van der Waals surface area contributed by atoms with Gasteiger partial charge in [-0.1, -0.05) is 12.1 Å². The Morgan fingerprint density at radius 3 is 2.61 bits per heavy atom. The molecule has 1 aromatic carbocycles. The van der Waals surface area contributed by atoms with E-state index in [1.165, 1.54) is 12.1 Å². The molecule has 1 saturated heterocycles. The van der Waals surface area contributed by atoms with Gasteiger partial charge in [0.1, 0.15) is 5.82 Å². The monoisotopic (exact) mass is 271 g/mol. The molecule has 3 nitrogen and oxygen atoms in total. The minimum Gasteiger partial charge on any atom is -0.212 e. The minimum absolute atomic E-state index is 0.0282. The number of halogens is 1. The number of rotatable bonds is 4. The summed E-state index contributed by atoms with van der Waals surface area (Å²) in [5, 5.41) is 0.